The molecule has 0 spiro atoms. The van der Waals surface area contributed by atoms with Crippen LogP contribution >= 0.6 is 23.2 Å². The average molecular weight is 748 g/mol. The van der Waals surface area contributed by atoms with Crippen LogP contribution in [0.25, 0.3) is 0 Å². The molecule has 0 bridgehead atoms. The number of nitrogens with zero attached hydrogens (tertiary/aromatic N) is 2. The standard InChI is InChI=1S/C33H48Cl2N12O4/c1-18(2)27(47-30(50)25(6-4-14-43-33(40)41)45-26(48)16-20-9-12-22(34)23(35)15-20)31(51)46-24(5-3-13-42-32(38)39)29(49)44-17-19-7-10-21(11-8-19)28(36)37/h7-12,15,18,24-25,27H,3-6,13-14,16-17H2,1-2H3,(H3,36,37)(H,44,49)(H,45,48)(H,46,51)(H,47,50)(H4,38,39,42)(H4,40,41,43)/t24-,25-,27?/m0/s1. The molecule has 278 valence electrons. The number of benzene rings is 2. The number of carbonyl (C=O) groups excluding carboxylic acids is 4. The first-order chi connectivity index (χ1) is 24.1. The van der Waals surface area contributed by atoms with E-state index in [0.717, 1.165) is 5.56 Å². The molecule has 2 rings (SSSR count). The second kappa shape index (κ2) is 21.2. The Labute approximate surface area is 307 Å². The molecule has 2 aromatic rings. The van der Waals surface area contributed by atoms with Gasteiger partial charge in [0.1, 0.15) is 24.0 Å². The molecule has 0 aliphatic heterocycles. The number of amides is 4. The van der Waals surface area contributed by atoms with Crippen LogP contribution in [0.3, 0.4) is 0 Å². The van der Waals surface area contributed by atoms with E-state index < -0.39 is 47.7 Å². The summed E-state index contributed by atoms with van der Waals surface area (Å²) in [6.07, 6.45) is 0.974. The van der Waals surface area contributed by atoms with Gasteiger partial charge in [-0.25, -0.2) is 0 Å². The Balaban J connectivity index is 2.20. The Hall–Kier alpha value is -5.09. The van der Waals surface area contributed by atoms with E-state index in [0.29, 0.717) is 29.0 Å². The van der Waals surface area contributed by atoms with E-state index in [4.69, 9.17) is 57.3 Å². The zero-order chi connectivity index (χ0) is 38.1. The molecule has 0 radical (unpaired) electrons. The van der Waals surface area contributed by atoms with E-state index in [1.807, 2.05) is 0 Å². The molecule has 15 N–H and O–H groups in total. The largest absolute Gasteiger partial charge is 0.384 e. The number of carbonyl (C=O) groups is 4. The predicted octanol–water partition coefficient (Wildman–Crippen LogP) is 0.354. The normalized spacial score (nSPS) is 12.5. The monoisotopic (exact) mass is 746 g/mol. The lowest BCUT2D eigenvalue weighted by molar-refractivity contribution is -0.134. The second-order valence-corrected chi connectivity index (χ2v) is 12.9. The fraction of sp³-hybridized carbons (Fsp3) is 0.424. The maximum Gasteiger partial charge on any atom is 0.243 e. The first kappa shape index (κ1) is 42.1. The molecule has 2 aromatic carbocycles. The Morgan fingerprint density at radius 2 is 1.27 bits per heavy atom. The zero-order valence-corrected chi connectivity index (χ0v) is 30.2. The topological polar surface area (TPSA) is 295 Å². The van der Waals surface area contributed by atoms with Gasteiger partial charge in [0.05, 0.1) is 16.5 Å². The number of aliphatic imine (C=N–C) groups is 2. The SMILES string of the molecule is CC(C)C(NC(=O)[C@H](CCCN=C(N)N)NC(=O)Cc1ccc(Cl)c(Cl)c1)C(=O)N[C@@H](CCCN=C(N)N)C(=O)NCc1ccc(C(=N)N)cc1. The molecule has 3 atom stereocenters. The number of nitrogens with one attached hydrogen (secondary N) is 5. The highest BCUT2D eigenvalue weighted by molar-refractivity contribution is 6.42. The van der Waals surface area contributed by atoms with Crippen LogP contribution in [0.15, 0.2) is 52.4 Å². The van der Waals surface area contributed by atoms with Crippen molar-refractivity contribution in [3.63, 3.8) is 0 Å². The first-order valence-corrected chi connectivity index (χ1v) is 17.0. The van der Waals surface area contributed by atoms with E-state index >= 15 is 0 Å². The van der Waals surface area contributed by atoms with Crippen molar-refractivity contribution in [2.75, 3.05) is 13.1 Å². The summed E-state index contributed by atoms with van der Waals surface area (Å²) in [7, 11) is 0. The van der Waals surface area contributed by atoms with Crippen LogP contribution in [0.2, 0.25) is 10.0 Å². The molecule has 16 nitrogen and oxygen atoms in total. The molecule has 1 unspecified atom stereocenters. The highest BCUT2D eigenvalue weighted by Gasteiger charge is 2.31. The second-order valence-electron chi connectivity index (χ2n) is 12.1. The Bertz CT molecular complexity index is 1580. The van der Waals surface area contributed by atoms with Crippen molar-refractivity contribution >= 4 is 64.6 Å². The van der Waals surface area contributed by atoms with Crippen LogP contribution in [0.5, 0.6) is 0 Å². The maximum absolute atomic E-state index is 13.7. The van der Waals surface area contributed by atoms with Crippen molar-refractivity contribution < 1.29 is 19.2 Å². The molecule has 0 saturated carbocycles. The van der Waals surface area contributed by atoms with Gasteiger partial charge in [-0.15, -0.1) is 0 Å². The van der Waals surface area contributed by atoms with Gasteiger partial charge in [0.2, 0.25) is 23.6 Å². The van der Waals surface area contributed by atoms with Crippen molar-refractivity contribution in [2.24, 2.45) is 44.6 Å². The van der Waals surface area contributed by atoms with Crippen molar-refractivity contribution in [3.8, 4) is 0 Å². The van der Waals surface area contributed by atoms with E-state index in [-0.39, 0.29) is 61.7 Å². The Kier molecular flexibility index (Phi) is 17.5. The molecule has 0 aromatic heterocycles. The third-order valence-electron chi connectivity index (χ3n) is 7.50. The van der Waals surface area contributed by atoms with E-state index in [2.05, 4.69) is 31.3 Å². The molecule has 0 heterocycles. The summed E-state index contributed by atoms with van der Waals surface area (Å²) in [6, 6.07) is 8.44. The lowest BCUT2D eigenvalue weighted by Gasteiger charge is -2.27. The van der Waals surface area contributed by atoms with Gasteiger partial charge in [0.25, 0.3) is 0 Å². The number of nitrogen functional groups attached to an aromatic ring is 1. The molecule has 51 heavy (non-hydrogen) atoms. The quantitative estimate of drug-likeness (QED) is 0.0507. The minimum Gasteiger partial charge on any atom is -0.384 e. The third-order valence-corrected chi connectivity index (χ3v) is 8.24. The van der Waals surface area contributed by atoms with Crippen LogP contribution in [0.4, 0.5) is 0 Å². The number of amidine groups is 1. The fourth-order valence-corrected chi connectivity index (χ4v) is 5.11. The molecular formula is C33H48Cl2N12O4. The van der Waals surface area contributed by atoms with Gasteiger partial charge < -0.3 is 49.9 Å². The number of halogens is 2. The number of rotatable bonds is 20. The van der Waals surface area contributed by atoms with E-state index in [9.17, 15) is 19.2 Å². The lowest BCUT2D eigenvalue weighted by Crippen LogP contribution is -2.58. The summed E-state index contributed by atoms with van der Waals surface area (Å²) in [5.74, 6) is -2.85. The van der Waals surface area contributed by atoms with Crippen molar-refractivity contribution in [1.29, 1.82) is 5.41 Å². The summed E-state index contributed by atoms with van der Waals surface area (Å²) in [5, 5.41) is 19.2. The summed E-state index contributed by atoms with van der Waals surface area (Å²) in [4.78, 5) is 61.5. The van der Waals surface area contributed by atoms with Gasteiger partial charge in [-0.1, -0.05) is 67.4 Å². The summed E-state index contributed by atoms with van der Waals surface area (Å²) in [6.45, 7) is 4.05. The summed E-state index contributed by atoms with van der Waals surface area (Å²) in [5.41, 5.74) is 29.1. The Morgan fingerprint density at radius 3 is 1.78 bits per heavy atom. The third kappa shape index (κ3) is 15.6. The zero-order valence-electron chi connectivity index (χ0n) is 28.7. The van der Waals surface area contributed by atoms with Gasteiger partial charge in [0.15, 0.2) is 11.9 Å². The number of guanidine groups is 2. The first-order valence-electron chi connectivity index (χ1n) is 16.2. The van der Waals surface area contributed by atoms with E-state index in [1.54, 1.807) is 56.3 Å². The minimum absolute atomic E-state index is 0.0797. The molecule has 0 saturated heterocycles. The van der Waals surface area contributed by atoms with Crippen molar-refractivity contribution in [3.05, 3.63) is 69.2 Å². The van der Waals surface area contributed by atoms with Crippen LogP contribution in [0, 0.1) is 11.3 Å². The molecule has 4 amide bonds. The molecule has 0 aliphatic rings. The van der Waals surface area contributed by atoms with Crippen LogP contribution < -0.4 is 49.9 Å². The highest BCUT2D eigenvalue weighted by atomic mass is 35.5. The van der Waals surface area contributed by atoms with Gasteiger partial charge in [0, 0.05) is 25.2 Å². The Morgan fingerprint density at radius 1 is 0.725 bits per heavy atom. The smallest absolute Gasteiger partial charge is 0.243 e. The van der Waals surface area contributed by atoms with Gasteiger partial charge in [-0.2, -0.15) is 0 Å². The summed E-state index contributed by atoms with van der Waals surface area (Å²) >= 11 is 12.1. The van der Waals surface area contributed by atoms with Crippen molar-refractivity contribution in [1.82, 2.24) is 21.3 Å². The predicted molar refractivity (Wildman–Crippen MR) is 200 cm³/mol. The van der Waals surface area contributed by atoms with Crippen molar-refractivity contribution in [2.45, 2.75) is 70.6 Å². The number of nitrogens with two attached hydrogens (primary N) is 5. The van der Waals surface area contributed by atoms with E-state index in [1.165, 1.54) is 0 Å². The maximum atomic E-state index is 13.7. The molecular weight excluding hydrogens is 699 g/mol. The number of hydrogen-bond donors (Lipinski definition) is 10. The number of hydrogen-bond acceptors (Lipinski definition) is 7. The van der Waals surface area contributed by atoms with Crippen LogP contribution in [-0.4, -0.2) is 72.6 Å². The minimum atomic E-state index is -1.07. The van der Waals surface area contributed by atoms with Crippen LogP contribution in [0.1, 0.15) is 56.2 Å². The molecule has 18 heteroatoms. The van der Waals surface area contributed by atoms with Gasteiger partial charge in [-0.05, 0) is 54.9 Å². The average Bonchev–Trinajstić information content (AvgIpc) is 3.06. The van der Waals surface area contributed by atoms with Crippen LogP contribution in [-0.2, 0) is 32.1 Å². The highest BCUT2D eigenvalue weighted by Crippen LogP contribution is 2.23. The lowest BCUT2D eigenvalue weighted by atomic mass is 10.0. The van der Waals surface area contributed by atoms with Gasteiger partial charge >= 0.3 is 0 Å². The summed E-state index contributed by atoms with van der Waals surface area (Å²) < 4.78 is 0. The molecule has 0 aliphatic carbocycles. The molecule has 0 fully saturated rings. The fourth-order valence-electron chi connectivity index (χ4n) is 4.79. The van der Waals surface area contributed by atoms with Gasteiger partial charge in [-0.3, -0.25) is 34.6 Å².